The topological polar surface area (TPSA) is 58.9 Å². The molecule has 0 spiro atoms. The van der Waals surface area contributed by atoms with E-state index >= 15 is 0 Å². The van der Waals surface area contributed by atoms with E-state index < -0.39 is 0 Å². The number of carbonyl (C=O) groups is 1. The van der Waals surface area contributed by atoms with Gasteiger partial charge in [-0.2, -0.15) is 0 Å². The molecule has 1 aromatic carbocycles. The molecule has 0 radical (unpaired) electrons. The number of aromatic nitrogens is 1. The highest BCUT2D eigenvalue weighted by molar-refractivity contribution is 5.87. The second kappa shape index (κ2) is 4.97. The summed E-state index contributed by atoms with van der Waals surface area (Å²) in [5.41, 5.74) is 7.84. The Morgan fingerprint density at radius 1 is 1.40 bits per heavy atom. The first-order chi connectivity index (χ1) is 9.69. The van der Waals surface area contributed by atoms with Gasteiger partial charge in [0.1, 0.15) is 0 Å². The summed E-state index contributed by atoms with van der Waals surface area (Å²) in [6.45, 7) is 2.10. The summed E-state index contributed by atoms with van der Waals surface area (Å²) in [7, 11) is 0. The molecule has 0 saturated heterocycles. The van der Waals surface area contributed by atoms with Crippen LogP contribution in [0.1, 0.15) is 50.5 Å². The molecule has 3 heteroatoms. The van der Waals surface area contributed by atoms with Gasteiger partial charge in [0.15, 0.2) is 0 Å². The van der Waals surface area contributed by atoms with E-state index in [4.69, 9.17) is 5.73 Å². The van der Waals surface area contributed by atoms with E-state index in [2.05, 4.69) is 36.3 Å². The summed E-state index contributed by atoms with van der Waals surface area (Å²) in [5, 5.41) is 1.23. The number of fused-ring (bicyclic) bond motifs is 1. The van der Waals surface area contributed by atoms with Crippen LogP contribution in [-0.4, -0.2) is 10.9 Å². The Hall–Kier alpha value is -1.77. The predicted octanol–water partition coefficient (Wildman–Crippen LogP) is 3.71. The van der Waals surface area contributed by atoms with Crippen LogP contribution in [0.15, 0.2) is 30.5 Å². The van der Waals surface area contributed by atoms with Crippen LogP contribution in [0.3, 0.4) is 0 Å². The second-order valence-corrected chi connectivity index (χ2v) is 5.96. The van der Waals surface area contributed by atoms with E-state index in [0.717, 1.165) is 31.2 Å². The molecule has 2 unspecified atom stereocenters. The lowest BCUT2D eigenvalue weighted by atomic mass is 9.62. The SMILES string of the molecule is CCC1(C(N)=O)CCCCC1c1c[nH]c2ccccc12. The molecule has 1 fully saturated rings. The van der Waals surface area contributed by atoms with Gasteiger partial charge >= 0.3 is 0 Å². The molecular formula is C17H22N2O. The fourth-order valence-electron chi connectivity index (χ4n) is 3.97. The number of nitrogens with one attached hydrogen (secondary N) is 1. The van der Waals surface area contributed by atoms with Crippen molar-refractivity contribution in [2.75, 3.05) is 0 Å². The Morgan fingerprint density at radius 3 is 2.95 bits per heavy atom. The van der Waals surface area contributed by atoms with Gasteiger partial charge in [-0.1, -0.05) is 38.0 Å². The average Bonchev–Trinajstić information content (AvgIpc) is 2.90. The van der Waals surface area contributed by atoms with Crippen molar-refractivity contribution in [3.63, 3.8) is 0 Å². The van der Waals surface area contributed by atoms with E-state index in [1.807, 2.05) is 6.07 Å². The minimum atomic E-state index is -0.372. The third-order valence-electron chi connectivity index (χ3n) is 5.15. The monoisotopic (exact) mass is 270 g/mol. The number of amides is 1. The van der Waals surface area contributed by atoms with Gasteiger partial charge in [-0.25, -0.2) is 0 Å². The summed E-state index contributed by atoms with van der Waals surface area (Å²) >= 11 is 0. The number of aromatic amines is 1. The molecule has 1 aliphatic carbocycles. The van der Waals surface area contributed by atoms with Gasteiger partial charge in [-0.15, -0.1) is 0 Å². The Bertz CT molecular complexity index is 631. The van der Waals surface area contributed by atoms with Crippen molar-refractivity contribution < 1.29 is 4.79 Å². The van der Waals surface area contributed by atoms with Gasteiger partial charge in [0.2, 0.25) is 5.91 Å². The van der Waals surface area contributed by atoms with Crippen LogP contribution >= 0.6 is 0 Å². The van der Waals surface area contributed by atoms with Gasteiger partial charge < -0.3 is 10.7 Å². The number of primary amides is 1. The van der Waals surface area contributed by atoms with Crippen molar-refractivity contribution >= 4 is 16.8 Å². The summed E-state index contributed by atoms with van der Waals surface area (Å²) in [6, 6.07) is 8.31. The van der Waals surface area contributed by atoms with E-state index in [1.54, 1.807) is 0 Å². The molecule has 1 saturated carbocycles. The van der Waals surface area contributed by atoms with Crippen LogP contribution in [0.2, 0.25) is 0 Å². The van der Waals surface area contributed by atoms with Crippen molar-refractivity contribution in [2.45, 2.75) is 44.9 Å². The minimum Gasteiger partial charge on any atom is -0.369 e. The second-order valence-electron chi connectivity index (χ2n) is 5.96. The molecule has 1 heterocycles. The standard InChI is InChI=1S/C17H22N2O/c1-2-17(16(18)20)10-6-5-8-14(17)13-11-19-15-9-4-3-7-12(13)15/h3-4,7,9,11,14,19H,2,5-6,8,10H2,1H3,(H2,18,20). The van der Waals surface area contributed by atoms with Gasteiger partial charge in [0.25, 0.3) is 0 Å². The Labute approximate surface area is 119 Å². The van der Waals surface area contributed by atoms with Crippen LogP contribution in [0.5, 0.6) is 0 Å². The first-order valence-corrected chi connectivity index (χ1v) is 7.55. The average molecular weight is 270 g/mol. The van der Waals surface area contributed by atoms with Crippen LogP contribution in [0.25, 0.3) is 10.9 Å². The van der Waals surface area contributed by atoms with Crippen molar-refractivity contribution in [3.05, 3.63) is 36.0 Å². The smallest absolute Gasteiger partial charge is 0.224 e. The zero-order chi connectivity index (χ0) is 14.2. The third kappa shape index (κ3) is 1.84. The summed E-state index contributed by atoms with van der Waals surface area (Å²) in [5.74, 6) is 0.116. The van der Waals surface area contributed by atoms with Crippen LogP contribution in [0, 0.1) is 5.41 Å². The number of rotatable bonds is 3. The Balaban J connectivity index is 2.12. The molecule has 20 heavy (non-hydrogen) atoms. The van der Waals surface area contributed by atoms with Gasteiger partial charge in [0, 0.05) is 23.0 Å². The molecule has 0 aliphatic heterocycles. The summed E-state index contributed by atoms with van der Waals surface area (Å²) < 4.78 is 0. The van der Waals surface area contributed by atoms with Crippen molar-refractivity contribution in [3.8, 4) is 0 Å². The molecule has 106 valence electrons. The van der Waals surface area contributed by atoms with E-state index in [-0.39, 0.29) is 17.2 Å². The summed E-state index contributed by atoms with van der Waals surface area (Å²) in [6.07, 6.45) is 7.16. The number of benzene rings is 1. The number of para-hydroxylation sites is 1. The highest BCUT2D eigenvalue weighted by Crippen LogP contribution is 2.50. The lowest BCUT2D eigenvalue weighted by Crippen LogP contribution is -2.43. The molecule has 2 atom stereocenters. The van der Waals surface area contributed by atoms with Crippen molar-refractivity contribution in [2.24, 2.45) is 11.1 Å². The number of nitrogens with two attached hydrogens (primary N) is 1. The van der Waals surface area contributed by atoms with Crippen molar-refractivity contribution in [1.82, 2.24) is 4.98 Å². The van der Waals surface area contributed by atoms with Crippen LogP contribution < -0.4 is 5.73 Å². The third-order valence-corrected chi connectivity index (χ3v) is 5.15. The van der Waals surface area contributed by atoms with Crippen LogP contribution in [-0.2, 0) is 4.79 Å². The quantitative estimate of drug-likeness (QED) is 0.877. The van der Waals surface area contributed by atoms with Gasteiger partial charge in [0.05, 0.1) is 5.41 Å². The number of H-pyrrole nitrogens is 1. The van der Waals surface area contributed by atoms with E-state index in [9.17, 15) is 4.79 Å². The molecule has 3 nitrogen and oxygen atoms in total. The largest absolute Gasteiger partial charge is 0.369 e. The Morgan fingerprint density at radius 2 is 2.20 bits per heavy atom. The van der Waals surface area contributed by atoms with Gasteiger partial charge in [-0.3, -0.25) is 4.79 Å². The number of hydrogen-bond acceptors (Lipinski definition) is 1. The predicted molar refractivity (Wildman–Crippen MR) is 81.4 cm³/mol. The minimum absolute atomic E-state index is 0.130. The molecule has 1 aliphatic rings. The fraction of sp³-hybridized carbons (Fsp3) is 0.471. The molecule has 0 bridgehead atoms. The van der Waals surface area contributed by atoms with Gasteiger partial charge in [-0.05, 0) is 30.9 Å². The maximum absolute atomic E-state index is 12.2. The maximum atomic E-state index is 12.2. The Kier molecular flexibility index (Phi) is 3.28. The van der Waals surface area contributed by atoms with E-state index in [1.165, 1.54) is 17.4 Å². The highest BCUT2D eigenvalue weighted by atomic mass is 16.1. The lowest BCUT2D eigenvalue weighted by Gasteiger charge is -2.41. The maximum Gasteiger partial charge on any atom is 0.224 e. The van der Waals surface area contributed by atoms with Crippen LogP contribution in [0.4, 0.5) is 0 Å². The first-order valence-electron chi connectivity index (χ1n) is 7.55. The molecule has 3 rings (SSSR count). The first kappa shape index (κ1) is 13.2. The summed E-state index contributed by atoms with van der Waals surface area (Å²) in [4.78, 5) is 15.5. The zero-order valence-corrected chi connectivity index (χ0v) is 12.0. The zero-order valence-electron chi connectivity index (χ0n) is 12.0. The molecule has 1 aromatic heterocycles. The lowest BCUT2D eigenvalue weighted by molar-refractivity contribution is -0.131. The molecule has 1 amide bonds. The van der Waals surface area contributed by atoms with Crippen molar-refractivity contribution in [1.29, 1.82) is 0 Å². The normalized spacial score (nSPS) is 26.8. The molecule has 3 N–H and O–H groups in total. The fourth-order valence-corrected chi connectivity index (χ4v) is 3.97. The molecular weight excluding hydrogens is 248 g/mol. The number of carbonyl (C=O) groups excluding carboxylic acids is 1. The highest BCUT2D eigenvalue weighted by Gasteiger charge is 2.45. The number of hydrogen-bond donors (Lipinski definition) is 2. The van der Waals surface area contributed by atoms with E-state index in [0.29, 0.717) is 0 Å². The molecule has 2 aromatic rings.